The van der Waals surface area contributed by atoms with Crippen molar-refractivity contribution in [2.45, 2.75) is 69.5 Å². The van der Waals surface area contributed by atoms with Crippen molar-refractivity contribution in [3.05, 3.63) is 64.5 Å². The van der Waals surface area contributed by atoms with E-state index in [0.29, 0.717) is 29.7 Å². The van der Waals surface area contributed by atoms with E-state index in [0.717, 1.165) is 30.5 Å². The van der Waals surface area contributed by atoms with E-state index in [-0.39, 0.29) is 42.5 Å². The van der Waals surface area contributed by atoms with Crippen molar-refractivity contribution in [1.82, 2.24) is 10.2 Å². The van der Waals surface area contributed by atoms with Crippen molar-refractivity contribution < 1.29 is 18.8 Å². The molecule has 9 heteroatoms. The molecule has 3 unspecified atom stereocenters. The number of nitrogens with two attached hydrogens (primary N) is 1. The summed E-state index contributed by atoms with van der Waals surface area (Å²) in [6, 6.07) is 12.0. The Hall–Kier alpha value is -3.77. The number of piperidine rings is 1. The predicted molar refractivity (Wildman–Crippen MR) is 139 cm³/mol. The number of fused-ring (bicyclic) bond motifs is 1. The molecule has 2 aromatic rings. The van der Waals surface area contributed by atoms with E-state index in [1.54, 1.807) is 0 Å². The van der Waals surface area contributed by atoms with Crippen molar-refractivity contribution >= 4 is 23.4 Å². The number of halogens is 1. The van der Waals surface area contributed by atoms with Crippen LogP contribution in [0.5, 0.6) is 0 Å². The molecule has 2 aromatic carbocycles. The molecule has 1 aliphatic carbocycles. The van der Waals surface area contributed by atoms with Crippen molar-refractivity contribution in [3.63, 3.8) is 0 Å². The van der Waals surface area contributed by atoms with Crippen LogP contribution < -0.4 is 16.4 Å². The van der Waals surface area contributed by atoms with Crippen molar-refractivity contribution in [2.24, 2.45) is 11.7 Å². The Balaban J connectivity index is 1.18. The third-order valence-electron chi connectivity index (χ3n) is 8.04. The third kappa shape index (κ3) is 5.01. The van der Waals surface area contributed by atoms with Crippen LogP contribution in [-0.4, -0.2) is 35.2 Å². The number of hydrogen-bond donors (Lipinski definition) is 3. The number of nitrogens with one attached hydrogen (secondary N) is 2. The van der Waals surface area contributed by atoms with Gasteiger partial charge in [0.15, 0.2) is 0 Å². The van der Waals surface area contributed by atoms with Gasteiger partial charge in [0, 0.05) is 42.4 Å². The summed E-state index contributed by atoms with van der Waals surface area (Å²) in [5.41, 5.74) is 9.29. The van der Waals surface area contributed by atoms with E-state index in [4.69, 9.17) is 5.73 Å². The zero-order chi connectivity index (χ0) is 27.0. The smallest absolute Gasteiger partial charge is 0.255 e. The summed E-state index contributed by atoms with van der Waals surface area (Å²) in [7, 11) is 0. The van der Waals surface area contributed by atoms with Crippen LogP contribution in [0.2, 0.25) is 0 Å². The third-order valence-corrected chi connectivity index (χ3v) is 8.04. The van der Waals surface area contributed by atoms with Crippen LogP contribution in [-0.2, 0) is 21.5 Å². The van der Waals surface area contributed by atoms with Gasteiger partial charge in [-0.15, -0.1) is 0 Å². The molecule has 5 rings (SSSR count). The van der Waals surface area contributed by atoms with Gasteiger partial charge in [0.1, 0.15) is 11.9 Å². The average Bonchev–Trinajstić information content (AvgIpc) is 3.63. The lowest BCUT2D eigenvalue weighted by Crippen LogP contribution is -2.52. The number of nitrogens with zero attached hydrogens (tertiary/aromatic N) is 2. The van der Waals surface area contributed by atoms with Gasteiger partial charge in [-0.05, 0) is 73.4 Å². The maximum atomic E-state index is 15.0. The fourth-order valence-electron chi connectivity index (χ4n) is 5.54. The number of carbonyl (C=O) groups is 3. The Morgan fingerprint density at radius 2 is 2.05 bits per heavy atom. The Morgan fingerprint density at radius 3 is 2.76 bits per heavy atom. The SMILES string of the molecule is CC(CCNc1cccc(C2(C#N)CC2)c1)CC(N)c1cc2c(cc1F)CN(C1CCC(=O)NC1=O)C2=O. The molecule has 1 saturated heterocycles. The summed E-state index contributed by atoms with van der Waals surface area (Å²) < 4.78 is 15.0. The number of nitriles is 1. The number of rotatable bonds is 9. The van der Waals surface area contributed by atoms with E-state index in [1.165, 1.54) is 17.0 Å². The van der Waals surface area contributed by atoms with Crippen LogP contribution in [0.25, 0.3) is 0 Å². The number of benzene rings is 2. The van der Waals surface area contributed by atoms with Gasteiger partial charge < -0.3 is 16.0 Å². The molecular formula is C29H32FN5O3. The zero-order valence-electron chi connectivity index (χ0n) is 21.4. The summed E-state index contributed by atoms with van der Waals surface area (Å²) in [6.45, 7) is 2.91. The van der Waals surface area contributed by atoms with Crippen LogP contribution in [0, 0.1) is 23.1 Å². The molecule has 8 nitrogen and oxygen atoms in total. The molecule has 2 fully saturated rings. The summed E-state index contributed by atoms with van der Waals surface area (Å²) in [5.74, 6) is -1.45. The highest BCUT2D eigenvalue weighted by Crippen LogP contribution is 2.48. The normalized spacial score (nSPS) is 21.4. The lowest BCUT2D eigenvalue weighted by Gasteiger charge is -2.29. The lowest BCUT2D eigenvalue weighted by molar-refractivity contribution is -0.136. The van der Waals surface area contributed by atoms with Gasteiger partial charge in [-0.3, -0.25) is 19.7 Å². The van der Waals surface area contributed by atoms with E-state index in [9.17, 15) is 19.6 Å². The van der Waals surface area contributed by atoms with Crippen molar-refractivity contribution in [2.75, 3.05) is 11.9 Å². The molecule has 198 valence electrons. The topological polar surface area (TPSA) is 128 Å². The number of carbonyl (C=O) groups excluding carboxylic acids is 3. The van der Waals surface area contributed by atoms with Gasteiger partial charge in [-0.2, -0.15) is 5.26 Å². The second kappa shape index (κ2) is 10.2. The first kappa shape index (κ1) is 25.9. The monoisotopic (exact) mass is 517 g/mol. The second-order valence-corrected chi connectivity index (χ2v) is 10.9. The number of anilines is 1. The molecule has 38 heavy (non-hydrogen) atoms. The Kier molecular flexibility index (Phi) is 6.93. The van der Waals surface area contributed by atoms with E-state index >= 15 is 4.39 Å². The van der Waals surface area contributed by atoms with Gasteiger partial charge >= 0.3 is 0 Å². The first-order valence-corrected chi connectivity index (χ1v) is 13.2. The highest BCUT2D eigenvalue weighted by atomic mass is 19.1. The van der Waals surface area contributed by atoms with Crippen molar-refractivity contribution in [1.29, 1.82) is 5.26 Å². The quantitative estimate of drug-likeness (QED) is 0.436. The second-order valence-electron chi connectivity index (χ2n) is 10.9. The molecule has 3 aliphatic rings. The van der Waals surface area contributed by atoms with Gasteiger partial charge in [0.2, 0.25) is 11.8 Å². The molecule has 3 amide bonds. The predicted octanol–water partition coefficient (Wildman–Crippen LogP) is 3.67. The fourth-order valence-corrected chi connectivity index (χ4v) is 5.54. The summed E-state index contributed by atoms with van der Waals surface area (Å²) in [4.78, 5) is 38.2. The first-order chi connectivity index (χ1) is 18.2. The molecule has 0 bridgehead atoms. The van der Waals surface area contributed by atoms with Gasteiger partial charge in [0.25, 0.3) is 5.91 Å². The highest BCUT2D eigenvalue weighted by Gasteiger charge is 2.45. The van der Waals surface area contributed by atoms with Crippen LogP contribution in [0.15, 0.2) is 36.4 Å². The maximum Gasteiger partial charge on any atom is 0.255 e. The minimum absolute atomic E-state index is 0.131. The van der Waals surface area contributed by atoms with Crippen LogP contribution in [0.1, 0.15) is 78.5 Å². The maximum absolute atomic E-state index is 15.0. The summed E-state index contributed by atoms with van der Waals surface area (Å²) in [5, 5.41) is 15.1. The number of imide groups is 1. The Bertz CT molecular complexity index is 1330. The molecule has 2 heterocycles. The number of amides is 3. The molecule has 0 radical (unpaired) electrons. The van der Waals surface area contributed by atoms with Gasteiger partial charge in [-0.1, -0.05) is 19.1 Å². The van der Waals surface area contributed by atoms with E-state index in [2.05, 4.69) is 23.6 Å². The lowest BCUT2D eigenvalue weighted by atomic mass is 9.92. The Morgan fingerprint density at radius 1 is 1.26 bits per heavy atom. The highest BCUT2D eigenvalue weighted by molar-refractivity contribution is 6.05. The van der Waals surface area contributed by atoms with E-state index in [1.807, 2.05) is 24.3 Å². The summed E-state index contributed by atoms with van der Waals surface area (Å²) >= 11 is 0. The van der Waals surface area contributed by atoms with Gasteiger partial charge in [0.05, 0.1) is 11.5 Å². The van der Waals surface area contributed by atoms with Crippen LogP contribution >= 0.6 is 0 Å². The van der Waals surface area contributed by atoms with Crippen LogP contribution in [0.3, 0.4) is 0 Å². The minimum Gasteiger partial charge on any atom is -0.385 e. The molecule has 0 aromatic heterocycles. The Labute approximate surface area is 221 Å². The molecule has 1 saturated carbocycles. The van der Waals surface area contributed by atoms with Crippen LogP contribution in [0.4, 0.5) is 10.1 Å². The van der Waals surface area contributed by atoms with E-state index < -0.39 is 23.8 Å². The zero-order valence-corrected chi connectivity index (χ0v) is 21.4. The van der Waals surface area contributed by atoms with Gasteiger partial charge in [-0.25, -0.2) is 4.39 Å². The molecular weight excluding hydrogens is 485 g/mol. The molecule has 2 aliphatic heterocycles. The largest absolute Gasteiger partial charge is 0.385 e. The molecule has 3 atom stereocenters. The molecule has 4 N–H and O–H groups in total. The molecule has 0 spiro atoms. The average molecular weight is 518 g/mol. The number of hydrogen-bond acceptors (Lipinski definition) is 6. The minimum atomic E-state index is -0.740. The first-order valence-electron chi connectivity index (χ1n) is 13.2. The standard InChI is InChI=1S/C29H32FN5O3/c1-17(7-10-33-20-4-2-3-19(13-20)29(16-31)8-9-29)11-24(32)22-14-21-18(12-23(22)30)15-35(28(21)38)25-5-6-26(36)34-27(25)37/h2-4,12-14,17,24-25,33H,5-11,15,32H2,1H3,(H,34,36,37). The summed E-state index contributed by atoms with van der Waals surface area (Å²) in [6.07, 6.45) is 3.59. The fraction of sp³-hybridized carbons (Fsp3) is 0.448. The van der Waals surface area contributed by atoms with Crippen molar-refractivity contribution in [3.8, 4) is 6.07 Å².